The van der Waals surface area contributed by atoms with Gasteiger partial charge in [-0.05, 0) is 45.0 Å². The van der Waals surface area contributed by atoms with Gasteiger partial charge >= 0.3 is 6.16 Å². The highest BCUT2D eigenvalue weighted by atomic mass is 16.7. The Balaban J connectivity index is 1.98. The van der Waals surface area contributed by atoms with Crippen molar-refractivity contribution in [3.05, 3.63) is 54.6 Å². The fourth-order valence-electron chi connectivity index (χ4n) is 2.09. The summed E-state index contributed by atoms with van der Waals surface area (Å²) in [6.07, 6.45) is -1.27. The first-order valence-corrected chi connectivity index (χ1v) is 7.89. The minimum absolute atomic E-state index is 0.0195. The van der Waals surface area contributed by atoms with Crippen LogP contribution in [-0.2, 0) is 4.74 Å². The Morgan fingerprint density at radius 1 is 0.917 bits per heavy atom. The molecular weight excluding hydrogens is 306 g/mol. The zero-order chi connectivity index (χ0) is 17.5. The van der Waals surface area contributed by atoms with E-state index in [1.54, 1.807) is 25.1 Å². The van der Waals surface area contributed by atoms with Crippen LogP contribution in [0.1, 0.15) is 20.8 Å². The minimum atomic E-state index is -0.773. The highest BCUT2D eigenvalue weighted by Crippen LogP contribution is 2.28. The van der Waals surface area contributed by atoms with Crippen molar-refractivity contribution in [3.63, 3.8) is 0 Å². The van der Waals surface area contributed by atoms with Gasteiger partial charge in [0.15, 0.2) is 17.7 Å². The number of anilines is 1. The molecule has 5 nitrogen and oxygen atoms in total. The maximum Gasteiger partial charge on any atom is 0.515 e. The average molecular weight is 329 g/mol. The molecule has 2 aromatic carbocycles. The topological polar surface area (TPSA) is 48.0 Å². The number of nitrogens with zero attached hydrogens (tertiary/aromatic N) is 1. The van der Waals surface area contributed by atoms with Crippen LogP contribution in [0.5, 0.6) is 11.5 Å². The molecule has 1 atom stereocenters. The lowest BCUT2D eigenvalue weighted by molar-refractivity contribution is 0.0646. The fourth-order valence-corrected chi connectivity index (χ4v) is 2.09. The number of benzene rings is 2. The lowest BCUT2D eigenvalue weighted by Crippen LogP contribution is -2.34. The second-order valence-corrected chi connectivity index (χ2v) is 5.63. The van der Waals surface area contributed by atoms with E-state index in [0.717, 1.165) is 5.69 Å². The largest absolute Gasteiger partial charge is 0.515 e. The smallest absolute Gasteiger partial charge is 0.487 e. The van der Waals surface area contributed by atoms with E-state index >= 15 is 0 Å². The summed E-state index contributed by atoms with van der Waals surface area (Å²) in [5, 5.41) is 0. The molecule has 0 bridgehead atoms. The molecule has 0 radical (unpaired) electrons. The maximum atomic E-state index is 12.1. The Bertz CT molecular complexity index is 657. The van der Waals surface area contributed by atoms with Crippen molar-refractivity contribution in [2.24, 2.45) is 0 Å². The molecule has 0 aromatic heterocycles. The molecule has 2 aromatic rings. The van der Waals surface area contributed by atoms with Gasteiger partial charge in [-0.15, -0.1) is 0 Å². The van der Waals surface area contributed by atoms with Crippen LogP contribution >= 0.6 is 0 Å². The highest BCUT2D eigenvalue weighted by molar-refractivity contribution is 5.66. The van der Waals surface area contributed by atoms with Crippen LogP contribution in [0.4, 0.5) is 10.5 Å². The van der Waals surface area contributed by atoms with Gasteiger partial charge in [0.2, 0.25) is 0 Å². The number of hydrogen-bond donors (Lipinski definition) is 0. The molecule has 0 spiro atoms. The van der Waals surface area contributed by atoms with Crippen molar-refractivity contribution in [1.82, 2.24) is 0 Å². The normalized spacial score (nSPS) is 11.7. The van der Waals surface area contributed by atoms with Crippen molar-refractivity contribution in [2.75, 3.05) is 11.9 Å². The Labute approximate surface area is 142 Å². The molecular formula is C19H23NO4. The van der Waals surface area contributed by atoms with Crippen molar-refractivity contribution < 1.29 is 19.0 Å². The van der Waals surface area contributed by atoms with Gasteiger partial charge in [-0.25, -0.2) is 4.79 Å². The van der Waals surface area contributed by atoms with E-state index < -0.39 is 12.4 Å². The first kappa shape index (κ1) is 17.7. The number of para-hydroxylation sites is 3. The Kier molecular flexibility index (Phi) is 6.07. The van der Waals surface area contributed by atoms with Gasteiger partial charge in [-0.2, -0.15) is 0 Å². The van der Waals surface area contributed by atoms with Gasteiger partial charge in [-0.1, -0.05) is 30.3 Å². The molecule has 0 heterocycles. The molecule has 1 unspecified atom stereocenters. The first-order valence-electron chi connectivity index (χ1n) is 7.89. The van der Waals surface area contributed by atoms with Crippen molar-refractivity contribution in [1.29, 1.82) is 0 Å². The van der Waals surface area contributed by atoms with Crippen LogP contribution in [0.2, 0.25) is 0 Å². The summed E-state index contributed by atoms with van der Waals surface area (Å²) in [7, 11) is 1.85. The fraction of sp³-hybridized carbons (Fsp3) is 0.316. The van der Waals surface area contributed by atoms with Crippen molar-refractivity contribution in [2.45, 2.75) is 33.1 Å². The quantitative estimate of drug-likeness (QED) is 0.444. The van der Waals surface area contributed by atoms with Gasteiger partial charge in [0.1, 0.15) is 0 Å². The second kappa shape index (κ2) is 8.24. The summed E-state index contributed by atoms with van der Waals surface area (Å²) in [6, 6.07) is 16.7. The van der Waals surface area contributed by atoms with Crippen LogP contribution in [0, 0.1) is 0 Å². The van der Waals surface area contributed by atoms with Crippen LogP contribution in [0.25, 0.3) is 0 Å². The summed E-state index contributed by atoms with van der Waals surface area (Å²) in [5.74, 6) is 0.847. The molecule has 0 aliphatic carbocycles. The first-order chi connectivity index (χ1) is 11.5. The van der Waals surface area contributed by atoms with Gasteiger partial charge in [0.25, 0.3) is 0 Å². The standard InChI is InChI=1S/C19H23NO4/c1-14(2)22-17-12-8-9-13-18(17)24-19(21)23-15(3)20(4)16-10-6-5-7-11-16/h5-15H,1-4H3. The SMILES string of the molecule is CC(C)Oc1ccccc1OC(=O)OC(C)N(C)c1ccccc1. The van der Waals surface area contributed by atoms with Gasteiger partial charge in [-0.3, -0.25) is 0 Å². The predicted molar refractivity (Wildman–Crippen MR) is 93.6 cm³/mol. The summed E-state index contributed by atoms with van der Waals surface area (Å²) < 4.78 is 16.3. The van der Waals surface area contributed by atoms with Gasteiger partial charge in [0, 0.05) is 12.7 Å². The number of rotatable bonds is 6. The van der Waals surface area contributed by atoms with Gasteiger partial charge in [0.05, 0.1) is 6.10 Å². The van der Waals surface area contributed by atoms with E-state index in [9.17, 15) is 4.79 Å². The Morgan fingerprint density at radius 2 is 1.50 bits per heavy atom. The second-order valence-electron chi connectivity index (χ2n) is 5.63. The number of carbonyl (C=O) groups excluding carboxylic acids is 1. The predicted octanol–water partition coefficient (Wildman–Crippen LogP) is 4.47. The lowest BCUT2D eigenvalue weighted by Gasteiger charge is -2.26. The van der Waals surface area contributed by atoms with Crippen LogP contribution < -0.4 is 14.4 Å². The summed E-state index contributed by atoms with van der Waals surface area (Å²) in [5.41, 5.74) is 0.946. The van der Waals surface area contributed by atoms with Crippen LogP contribution in [0.3, 0.4) is 0 Å². The highest BCUT2D eigenvalue weighted by Gasteiger charge is 2.18. The van der Waals surface area contributed by atoms with E-state index in [1.165, 1.54) is 0 Å². The van der Waals surface area contributed by atoms with E-state index in [0.29, 0.717) is 11.5 Å². The van der Waals surface area contributed by atoms with Gasteiger partial charge < -0.3 is 19.1 Å². The lowest BCUT2D eigenvalue weighted by atomic mass is 10.3. The third kappa shape index (κ3) is 4.91. The molecule has 0 amide bonds. The summed E-state index contributed by atoms with van der Waals surface area (Å²) in [6.45, 7) is 5.60. The molecule has 2 rings (SSSR count). The van der Waals surface area contributed by atoms with Crippen molar-refractivity contribution in [3.8, 4) is 11.5 Å². The molecule has 0 saturated carbocycles. The van der Waals surface area contributed by atoms with E-state index in [1.807, 2.05) is 62.2 Å². The molecule has 5 heteroatoms. The summed E-state index contributed by atoms with van der Waals surface area (Å²) in [4.78, 5) is 13.9. The molecule has 128 valence electrons. The third-order valence-corrected chi connectivity index (χ3v) is 3.38. The zero-order valence-electron chi connectivity index (χ0n) is 14.4. The Morgan fingerprint density at radius 3 is 2.12 bits per heavy atom. The monoisotopic (exact) mass is 329 g/mol. The Hall–Kier alpha value is -2.69. The molecule has 0 N–H and O–H groups in total. The number of hydrogen-bond acceptors (Lipinski definition) is 5. The molecule has 24 heavy (non-hydrogen) atoms. The maximum absolute atomic E-state index is 12.1. The summed E-state index contributed by atoms with van der Waals surface area (Å²) >= 11 is 0. The molecule has 0 aliphatic heterocycles. The van der Waals surface area contributed by atoms with E-state index in [4.69, 9.17) is 14.2 Å². The average Bonchev–Trinajstić information content (AvgIpc) is 2.56. The molecule has 0 fully saturated rings. The number of carbonyl (C=O) groups is 1. The zero-order valence-corrected chi connectivity index (χ0v) is 14.4. The number of ether oxygens (including phenoxy) is 3. The minimum Gasteiger partial charge on any atom is -0.487 e. The molecule has 0 saturated heterocycles. The molecule has 0 aliphatic rings. The third-order valence-electron chi connectivity index (χ3n) is 3.38. The van der Waals surface area contributed by atoms with E-state index in [2.05, 4.69) is 0 Å². The van der Waals surface area contributed by atoms with Crippen molar-refractivity contribution >= 4 is 11.8 Å². The van der Waals surface area contributed by atoms with E-state index in [-0.39, 0.29) is 6.10 Å². The van der Waals surface area contributed by atoms with Crippen LogP contribution in [-0.4, -0.2) is 25.5 Å². The van der Waals surface area contributed by atoms with Crippen LogP contribution in [0.15, 0.2) is 54.6 Å².